The summed E-state index contributed by atoms with van der Waals surface area (Å²) in [4.78, 5) is 33.0. The minimum absolute atomic E-state index is 0.00903. The second-order valence-electron chi connectivity index (χ2n) is 8.53. The average Bonchev–Trinajstić information content (AvgIpc) is 3.42. The first-order chi connectivity index (χ1) is 13.0. The Kier molecular flexibility index (Phi) is 5.19. The molecule has 1 aromatic rings. The molecule has 0 spiro atoms. The molecular formula is C20H30N4O3. The summed E-state index contributed by atoms with van der Waals surface area (Å²) in [6, 6.07) is 0.0371. The van der Waals surface area contributed by atoms with Gasteiger partial charge < -0.3 is 14.3 Å². The van der Waals surface area contributed by atoms with E-state index < -0.39 is 0 Å². The Balaban J connectivity index is 1.33. The maximum Gasteiger partial charge on any atom is 0.226 e. The minimum Gasteiger partial charge on any atom is -0.341 e. The second-order valence-corrected chi connectivity index (χ2v) is 8.53. The van der Waals surface area contributed by atoms with Gasteiger partial charge in [-0.15, -0.1) is 0 Å². The number of aromatic nitrogens is 2. The van der Waals surface area contributed by atoms with Gasteiger partial charge in [0.15, 0.2) is 5.82 Å². The molecule has 7 heteroatoms. The topological polar surface area (TPSA) is 79.5 Å². The molecule has 4 rings (SSSR count). The van der Waals surface area contributed by atoms with Crippen molar-refractivity contribution in [3.05, 3.63) is 11.7 Å². The lowest BCUT2D eigenvalue weighted by Crippen LogP contribution is -2.41. The molecule has 7 nitrogen and oxygen atoms in total. The van der Waals surface area contributed by atoms with Crippen LogP contribution in [-0.2, 0) is 22.6 Å². The molecule has 0 aromatic carbocycles. The smallest absolute Gasteiger partial charge is 0.226 e. The molecule has 3 aliphatic rings. The zero-order chi connectivity index (χ0) is 19.0. The van der Waals surface area contributed by atoms with Crippen molar-refractivity contribution in [3.63, 3.8) is 0 Å². The van der Waals surface area contributed by atoms with Crippen molar-refractivity contribution in [3.8, 4) is 0 Å². The number of hydrogen-bond acceptors (Lipinski definition) is 5. The van der Waals surface area contributed by atoms with Crippen molar-refractivity contribution < 1.29 is 14.1 Å². The van der Waals surface area contributed by atoms with Crippen molar-refractivity contribution in [1.29, 1.82) is 0 Å². The summed E-state index contributed by atoms with van der Waals surface area (Å²) in [5.41, 5.74) is 0. The van der Waals surface area contributed by atoms with E-state index in [1.807, 2.05) is 11.8 Å². The van der Waals surface area contributed by atoms with Crippen LogP contribution in [0.25, 0.3) is 0 Å². The number of fused-ring (bicyclic) bond motifs is 2. The highest BCUT2D eigenvalue weighted by molar-refractivity contribution is 5.77. The third-order valence-corrected chi connectivity index (χ3v) is 6.81. The number of amides is 2. The number of hydrogen-bond donors (Lipinski definition) is 0. The Morgan fingerprint density at radius 1 is 1.26 bits per heavy atom. The van der Waals surface area contributed by atoms with Gasteiger partial charge in [-0.25, -0.2) is 0 Å². The van der Waals surface area contributed by atoms with Crippen LogP contribution in [0.4, 0.5) is 0 Å². The van der Waals surface area contributed by atoms with Crippen molar-refractivity contribution >= 4 is 11.8 Å². The fourth-order valence-electron chi connectivity index (χ4n) is 5.35. The maximum atomic E-state index is 12.8. The number of rotatable bonds is 6. The molecule has 2 amide bonds. The Labute approximate surface area is 160 Å². The highest BCUT2D eigenvalue weighted by Crippen LogP contribution is 2.49. The lowest BCUT2D eigenvalue weighted by molar-refractivity contribution is -0.134. The summed E-state index contributed by atoms with van der Waals surface area (Å²) in [5, 5.41) is 3.96. The first-order valence-electron chi connectivity index (χ1n) is 10.4. The van der Waals surface area contributed by atoms with Gasteiger partial charge in [-0.1, -0.05) is 18.5 Å². The van der Waals surface area contributed by atoms with E-state index in [0.29, 0.717) is 43.6 Å². The highest BCUT2D eigenvalue weighted by Gasteiger charge is 2.41. The molecule has 3 fully saturated rings. The summed E-state index contributed by atoms with van der Waals surface area (Å²) in [7, 11) is 0. The van der Waals surface area contributed by atoms with Crippen LogP contribution in [0.2, 0.25) is 0 Å². The molecule has 2 saturated carbocycles. The van der Waals surface area contributed by atoms with Gasteiger partial charge in [-0.05, 0) is 43.4 Å². The van der Waals surface area contributed by atoms with Crippen LogP contribution in [0.15, 0.2) is 4.52 Å². The number of nitrogens with zero attached hydrogens (tertiary/aromatic N) is 4. The molecule has 0 radical (unpaired) electrons. The molecule has 148 valence electrons. The predicted octanol–water partition coefficient (Wildman–Crippen LogP) is 2.41. The normalized spacial score (nSPS) is 29.5. The SMILES string of the molecule is CCc1nc(CN(C(C)=O)C2CCN(C(=O)CC3CC4CCC3C4)C2)no1. The standard InChI is InChI=1S/C20H30N4O3/c1-3-19-21-18(22-27-19)12-24(13(2)25)17-6-7-23(11-17)20(26)10-16-9-14-4-5-15(16)8-14/h14-17H,3-12H2,1-2H3. The number of likely N-dealkylation sites (tertiary alicyclic amines) is 1. The van der Waals surface area contributed by atoms with Crippen LogP contribution >= 0.6 is 0 Å². The van der Waals surface area contributed by atoms with Crippen LogP contribution < -0.4 is 0 Å². The largest absolute Gasteiger partial charge is 0.341 e. The molecule has 0 N–H and O–H groups in total. The van der Waals surface area contributed by atoms with E-state index in [9.17, 15) is 9.59 Å². The Morgan fingerprint density at radius 2 is 2.11 bits per heavy atom. The van der Waals surface area contributed by atoms with Crippen LogP contribution in [0.5, 0.6) is 0 Å². The zero-order valence-corrected chi connectivity index (χ0v) is 16.4. The van der Waals surface area contributed by atoms with Gasteiger partial charge in [0.2, 0.25) is 17.7 Å². The maximum absolute atomic E-state index is 12.8. The van der Waals surface area contributed by atoms with Gasteiger partial charge in [0.25, 0.3) is 0 Å². The zero-order valence-electron chi connectivity index (χ0n) is 16.4. The quantitative estimate of drug-likeness (QED) is 0.764. The van der Waals surface area contributed by atoms with Crippen molar-refractivity contribution in [2.24, 2.45) is 17.8 Å². The third kappa shape index (κ3) is 3.87. The average molecular weight is 374 g/mol. The fourth-order valence-corrected chi connectivity index (χ4v) is 5.35. The molecule has 2 heterocycles. The van der Waals surface area contributed by atoms with E-state index in [-0.39, 0.29) is 17.9 Å². The fraction of sp³-hybridized carbons (Fsp3) is 0.800. The Morgan fingerprint density at radius 3 is 2.74 bits per heavy atom. The number of carbonyl (C=O) groups is 2. The number of aryl methyl sites for hydroxylation is 1. The van der Waals surface area contributed by atoms with Gasteiger partial charge in [0.05, 0.1) is 12.6 Å². The summed E-state index contributed by atoms with van der Waals surface area (Å²) in [6.07, 6.45) is 7.45. The van der Waals surface area contributed by atoms with Crippen LogP contribution in [0.1, 0.15) is 64.1 Å². The first kappa shape index (κ1) is 18.4. The van der Waals surface area contributed by atoms with E-state index in [2.05, 4.69) is 10.1 Å². The van der Waals surface area contributed by atoms with Crippen LogP contribution in [0, 0.1) is 17.8 Å². The van der Waals surface area contributed by atoms with Crippen LogP contribution in [-0.4, -0.2) is 50.9 Å². The van der Waals surface area contributed by atoms with E-state index in [1.165, 1.54) is 25.7 Å². The molecule has 1 aliphatic heterocycles. The molecule has 1 aromatic heterocycles. The summed E-state index contributed by atoms with van der Waals surface area (Å²) in [6.45, 7) is 5.23. The van der Waals surface area contributed by atoms with E-state index in [0.717, 1.165) is 24.8 Å². The van der Waals surface area contributed by atoms with Gasteiger partial charge >= 0.3 is 0 Å². The lowest BCUT2D eigenvalue weighted by atomic mass is 9.86. The molecule has 27 heavy (non-hydrogen) atoms. The molecule has 2 bridgehead atoms. The molecule has 1 saturated heterocycles. The minimum atomic E-state index is -0.00903. The third-order valence-electron chi connectivity index (χ3n) is 6.81. The van der Waals surface area contributed by atoms with Crippen molar-refractivity contribution in [2.75, 3.05) is 13.1 Å². The molecule has 4 atom stereocenters. The Hall–Kier alpha value is -1.92. The van der Waals surface area contributed by atoms with Gasteiger partial charge in [-0.3, -0.25) is 9.59 Å². The van der Waals surface area contributed by atoms with Gasteiger partial charge in [0.1, 0.15) is 0 Å². The van der Waals surface area contributed by atoms with Crippen molar-refractivity contribution in [2.45, 2.75) is 71.4 Å². The van der Waals surface area contributed by atoms with Crippen LogP contribution in [0.3, 0.4) is 0 Å². The highest BCUT2D eigenvalue weighted by atomic mass is 16.5. The first-order valence-corrected chi connectivity index (χ1v) is 10.4. The Bertz CT molecular complexity index is 703. The van der Waals surface area contributed by atoms with E-state index in [4.69, 9.17) is 4.52 Å². The second kappa shape index (κ2) is 7.60. The molecule has 2 aliphatic carbocycles. The molecular weight excluding hydrogens is 344 g/mol. The number of carbonyl (C=O) groups excluding carboxylic acids is 2. The van der Waals surface area contributed by atoms with Crippen molar-refractivity contribution in [1.82, 2.24) is 19.9 Å². The van der Waals surface area contributed by atoms with E-state index in [1.54, 1.807) is 11.8 Å². The van der Waals surface area contributed by atoms with Gasteiger partial charge in [-0.2, -0.15) is 4.98 Å². The lowest BCUT2D eigenvalue weighted by Gasteiger charge is -2.28. The predicted molar refractivity (Wildman–Crippen MR) is 98.4 cm³/mol. The monoisotopic (exact) mass is 374 g/mol. The van der Waals surface area contributed by atoms with Gasteiger partial charge in [0, 0.05) is 32.9 Å². The summed E-state index contributed by atoms with van der Waals surface area (Å²) < 4.78 is 5.15. The summed E-state index contributed by atoms with van der Waals surface area (Å²) >= 11 is 0. The molecule has 4 unspecified atom stereocenters. The summed E-state index contributed by atoms with van der Waals surface area (Å²) in [5.74, 6) is 3.62. The van der Waals surface area contributed by atoms with E-state index >= 15 is 0 Å².